The van der Waals surface area contributed by atoms with Gasteiger partial charge in [-0.1, -0.05) is 26.0 Å². The van der Waals surface area contributed by atoms with Gasteiger partial charge in [-0.3, -0.25) is 23.8 Å². The number of ether oxygens (including phenoxy) is 1. The predicted molar refractivity (Wildman–Crippen MR) is 125 cm³/mol. The largest absolute Gasteiger partial charge is 0.522 e. The molecule has 2 amide bonds. The Balaban J connectivity index is 1.56. The summed E-state index contributed by atoms with van der Waals surface area (Å²) in [4.78, 5) is 38.2. The number of hydrogen-bond donors (Lipinski definition) is 3. The molecule has 1 aliphatic carbocycles. The molecule has 1 aromatic rings. The molecule has 0 aromatic heterocycles. The van der Waals surface area contributed by atoms with Crippen LogP contribution in [0.4, 0.5) is 23.2 Å². The molecule has 10 nitrogen and oxygen atoms in total. The number of fused-ring (bicyclic) bond motifs is 1. The monoisotopic (exact) mass is 564 g/mol. The molecule has 1 saturated carbocycles. The predicted octanol–water partition coefficient (Wildman–Crippen LogP) is 1.56. The Bertz CT molecular complexity index is 1220. The minimum absolute atomic E-state index is 0.0552. The van der Waals surface area contributed by atoms with Gasteiger partial charge >= 0.3 is 16.6 Å². The Labute approximate surface area is 216 Å². The first-order valence-electron chi connectivity index (χ1n) is 12.0. The molecule has 15 heteroatoms. The van der Waals surface area contributed by atoms with Crippen LogP contribution in [0.25, 0.3) is 0 Å². The Morgan fingerprint density at radius 1 is 1.26 bits per heavy atom. The van der Waals surface area contributed by atoms with Crippen molar-refractivity contribution in [3.63, 3.8) is 0 Å². The number of ketones is 1. The molecule has 5 atom stereocenters. The van der Waals surface area contributed by atoms with Crippen molar-refractivity contribution >= 4 is 33.5 Å². The highest BCUT2D eigenvalue weighted by atomic mass is 32.2. The van der Waals surface area contributed by atoms with Gasteiger partial charge in [0.1, 0.15) is 18.5 Å². The Hall–Kier alpha value is -2.78. The van der Waals surface area contributed by atoms with E-state index in [0.29, 0.717) is 13.0 Å². The summed E-state index contributed by atoms with van der Waals surface area (Å²) in [7, 11) is -4.44. The number of halogens is 4. The molecule has 0 radical (unpaired) electrons. The van der Waals surface area contributed by atoms with Crippen molar-refractivity contribution in [2.24, 2.45) is 23.2 Å². The van der Waals surface area contributed by atoms with Gasteiger partial charge in [-0.05, 0) is 42.2 Å². The van der Waals surface area contributed by atoms with E-state index in [4.69, 9.17) is 0 Å². The van der Waals surface area contributed by atoms with E-state index in [1.807, 2.05) is 13.8 Å². The standard InChI is InChI=1S/C23H28F4N4O6S/c1-22(2)13-10-31(38(35,36)30-15-6-4-3-5-14(15)24)19(18(13)22)21(34)29-16(9-12-7-8-28-20(12)33)17(32)11-37-23(25,26)27/h3-6,12-13,16,18-19,30H,7-11H2,1-2H3,(H,28,33)(H,29,34)/t12-,13-,16?,18-,19-/m0/s1. The third-order valence-corrected chi connectivity index (χ3v) is 9.09. The number of nitrogens with one attached hydrogen (secondary N) is 3. The Kier molecular flexibility index (Phi) is 7.49. The fourth-order valence-corrected chi connectivity index (χ4v) is 6.91. The summed E-state index contributed by atoms with van der Waals surface area (Å²) in [6.45, 7) is 2.56. The minimum atomic E-state index is -5.09. The lowest BCUT2D eigenvalue weighted by Gasteiger charge is -2.31. The first kappa shape index (κ1) is 28.2. The normalized spacial score (nSPS) is 27.4. The topological polar surface area (TPSA) is 134 Å². The number of piperidine rings is 1. The maximum atomic E-state index is 14.1. The fourth-order valence-electron chi connectivity index (χ4n) is 5.47. The maximum Gasteiger partial charge on any atom is 0.522 e. The van der Waals surface area contributed by atoms with E-state index in [1.165, 1.54) is 18.2 Å². The summed E-state index contributed by atoms with van der Waals surface area (Å²) in [6, 6.07) is 2.24. The molecule has 210 valence electrons. The van der Waals surface area contributed by atoms with Gasteiger partial charge in [0.05, 0.1) is 11.7 Å². The van der Waals surface area contributed by atoms with E-state index < -0.39 is 75.9 Å². The average molecular weight is 565 g/mol. The zero-order valence-electron chi connectivity index (χ0n) is 20.5. The summed E-state index contributed by atoms with van der Waals surface area (Å²) in [5.41, 5.74) is -0.743. The van der Waals surface area contributed by atoms with Gasteiger partial charge in [-0.15, -0.1) is 13.2 Å². The lowest BCUT2D eigenvalue weighted by atomic mass is 9.95. The summed E-state index contributed by atoms with van der Waals surface area (Å²) in [5.74, 6) is -4.63. The Morgan fingerprint density at radius 3 is 2.55 bits per heavy atom. The molecule has 2 heterocycles. The van der Waals surface area contributed by atoms with Gasteiger partial charge in [0.25, 0.3) is 0 Å². The number of Topliss-reactive ketones (excluding diaryl/α,β-unsaturated/α-hetero) is 1. The molecule has 4 rings (SSSR count). The van der Waals surface area contributed by atoms with Crippen molar-refractivity contribution in [1.82, 2.24) is 14.9 Å². The molecular weight excluding hydrogens is 536 g/mol. The van der Waals surface area contributed by atoms with Crippen LogP contribution in [-0.4, -0.2) is 68.5 Å². The number of carbonyl (C=O) groups is 3. The first-order chi connectivity index (χ1) is 17.6. The van der Waals surface area contributed by atoms with Crippen LogP contribution in [0.2, 0.25) is 0 Å². The molecule has 38 heavy (non-hydrogen) atoms. The second-order valence-corrected chi connectivity index (χ2v) is 12.0. The molecule has 2 aliphatic heterocycles. The quantitative estimate of drug-likeness (QED) is 0.370. The molecule has 3 N–H and O–H groups in total. The zero-order chi connectivity index (χ0) is 28.0. The number of hydrogen-bond acceptors (Lipinski definition) is 6. The average Bonchev–Trinajstić information content (AvgIpc) is 3.18. The van der Waals surface area contributed by atoms with Crippen LogP contribution in [0.15, 0.2) is 24.3 Å². The lowest BCUT2D eigenvalue weighted by Crippen LogP contribution is -2.55. The second kappa shape index (κ2) is 10.1. The second-order valence-electron chi connectivity index (χ2n) is 10.3. The van der Waals surface area contributed by atoms with Crippen LogP contribution in [0, 0.1) is 29.0 Å². The number of para-hydroxylation sites is 1. The summed E-state index contributed by atoms with van der Waals surface area (Å²) < 4.78 is 84.8. The minimum Gasteiger partial charge on any atom is -0.356 e. The van der Waals surface area contributed by atoms with Crippen molar-refractivity contribution < 1.29 is 45.1 Å². The van der Waals surface area contributed by atoms with Crippen LogP contribution in [0.3, 0.4) is 0 Å². The van der Waals surface area contributed by atoms with Crippen LogP contribution in [-0.2, 0) is 29.3 Å². The van der Waals surface area contributed by atoms with E-state index in [9.17, 15) is 40.4 Å². The van der Waals surface area contributed by atoms with Crippen molar-refractivity contribution in [1.29, 1.82) is 0 Å². The highest BCUT2D eigenvalue weighted by Crippen LogP contribution is 2.65. The number of nitrogens with zero attached hydrogens (tertiary/aromatic N) is 1. The number of amides is 2. The van der Waals surface area contributed by atoms with Crippen molar-refractivity contribution in [2.75, 3.05) is 24.4 Å². The van der Waals surface area contributed by atoms with Gasteiger partial charge in [0, 0.05) is 19.0 Å². The van der Waals surface area contributed by atoms with Crippen molar-refractivity contribution in [3.05, 3.63) is 30.1 Å². The molecule has 3 aliphatic rings. The molecular formula is C23H28F4N4O6S. The number of rotatable bonds is 10. The van der Waals surface area contributed by atoms with Crippen LogP contribution in [0.1, 0.15) is 26.7 Å². The molecule has 2 saturated heterocycles. The molecule has 0 spiro atoms. The summed E-state index contributed by atoms with van der Waals surface area (Å²) >= 11 is 0. The lowest BCUT2D eigenvalue weighted by molar-refractivity contribution is -0.321. The highest BCUT2D eigenvalue weighted by Gasteiger charge is 2.70. The van der Waals surface area contributed by atoms with E-state index in [2.05, 4.69) is 20.1 Å². The van der Waals surface area contributed by atoms with Gasteiger partial charge in [-0.25, -0.2) is 4.39 Å². The van der Waals surface area contributed by atoms with Gasteiger partial charge in [-0.2, -0.15) is 12.7 Å². The van der Waals surface area contributed by atoms with Crippen molar-refractivity contribution in [2.45, 2.75) is 45.1 Å². The van der Waals surface area contributed by atoms with Crippen LogP contribution < -0.4 is 15.4 Å². The maximum absolute atomic E-state index is 14.1. The number of anilines is 1. The van der Waals surface area contributed by atoms with Gasteiger partial charge in [0.2, 0.25) is 11.8 Å². The summed E-state index contributed by atoms with van der Waals surface area (Å²) in [6.07, 6.45) is -5.05. The summed E-state index contributed by atoms with van der Waals surface area (Å²) in [5, 5.41) is 4.95. The Morgan fingerprint density at radius 2 is 1.95 bits per heavy atom. The third kappa shape index (κ3) is 5.78. The van der Waals surface area contributed by atoms with E-state index >= 15 is 0 Å². The first-order valence-corrected chi connectivity index (χ1v) is 13.4. The smallest absolute Gasteiger partial charge is 0.356 e. The zero-order valence-corrected chi connectivity index (χ0v) is 21.4. The number of carbonyl (C=O) groups excluding carboxylic acids is 3. The molecule has 0 bridgehead atoms. The number of benzene rings is 1. The fraction of sp³-hybridized carbons (Fsp3) is 0.609. The van der Waals surface area contributed by atoms with Crippen LogP contribution >= 0.6 is 0 Å². The SMILES string of the molecule is CC1(C)[C@@H]2[C@@H](C(=O)NC(C[C@@H]3CCNC3=O)C(=O)COC(F)(F)F)N(S(=O)(=O)Nc3ccccc3F)C[C@@H]21. The van der Waals surface area contributed by atoms with E-state index in [-0.39, 0.29) is 24.6 Å². The molecule has 1 aromatic carbocycles. The highest BCUT2D eigenvalue weighted by molar-refractivity contribution is 7.90. The van der Waals surface area contributed by atoms with Crippen LogP contribution in [0.5, 0.6) is 0 Å². The van der Waals surface area contributed by atoms with E-state index in [0.717, 1.165) is 10.4 Å². The van der Waals surface area contributed by atoms with Gasteiger partial charge in [0.15, 0.2) is 5.78 Å². The van der Waals surface area contributed by atoms with Crippen molar-refractivity contribution in [3.8, 4) is 0 Å². The molecule has 3 fully saturated rings. The third-order valence-electron chi connectivity index (χ3n) is 7.62. The van der Waals surface area contributed by atoms with E-state index in [1.54, 1.807) is 0 Å². The number of alkyl halides is 3. The molecule has 1 unspecified atom stereocenters. The van der Waals surface area contributed by atoms with Gasteiger partial charge < -0.3 is 10.6 Å².